The molecule has 1 aromatic carbocycles. The number of sulfonamides is 1. The summed E-state index contributed by atoms with van der Waals surface area (Å²) in [6, 6.07) is 4.45. The number of rotatable bonds is 6. The third-order valence-corrected chi connectivity index (χ3v) is 7.73. The molecule has 1 aliphatic rings. The maximum atomic E-state index is 13.5. The molecule has 34 heavy (non-hydrogen) atoms. The number of nitrogens with one attached hydrogen (secondary N) is 1. The minimum absolute atomic E-state index is 0.0511. The lowest BCUT2D eigenvalue weighted by Gasteiger charge is -2.17. The van der Waals surface area contributed by atoms with Gasteiger partial charge >= 0.3 is 5.69 Å². The summed E-state index contributed by atoms with van der Waals surface area (Å²) in [5.41, 5.74) is 0.280. The van der Waals surface area contributed by atoms with E-state index in [1.165, 1.54) is 16.7 Å². The minimum atomic E-state index is -3.92. The second-order valence-corrected chi connectivity index (χ2v) is 10.8. The summed E-state index contributed by atoms with van der Waals surface area (Å²) < 4.78 is 38.3. The van der Waals surface area contributed by atoms with E-state index in [-0.39, 0.29) is 16.8 Å². The molecule has 0 spiro atoms. The van der Waals surface area contributed by atoms with Crippen molar-refractivity contribution in [2.45, 2.75) is 43.7 Å². The van der Waals surface area contributed by atoms with Gasteiger partial charge in [-0.3, -0.25) is 18.6 Å². The molecule has 1 aliphatic carbocycles. The molecule has 0 aliphatic heterocycles. The van der Waals surface area contributed by atoms with Crippen molar-refractivity contribution in [1.29, 1.82) is 0 Å². The number of nitrogens with zero attached hydrogens (tertiary/aromatic N) is 5. The molecule has 12 heteroatoms. The van der Waals surface area contributed by atoms with Crippen molar-refractivity contribution in [2.24, 2.45) is 14.1 Å². The molecule has 0 atom stereocenters. The number of aromatic nitrogens is 5. The van der Waals surface area contributed by atoms with Crippen LogP contribution in [-0.2, 0) is 30.7 Å². The van der Waals surface area contributed by atoms with Crippen molar-refractivity contribution in [3.8, 4) is 11.1 Å². The Morgan fingerprint density at radius 1 is 1.18 bits per heavy atom. The van der Waals surface area contributed by atoms with E-state index in [0.29, 0.717) is 28.1 Å². The van der Waals surface area contributed by atoms with Gasteiger partial charge in [0, 0.05) is 43.0 Å². The molecule has 0 bridgehead atoms. The molecule has 3 heterocycles. The van der Waals surface area contributed by atoms with Gasteiger partial charge in [-0.25, -0.2) is 17.9 Å². The van der Waals surface area contributed by atoms with Crippen LogP contribution in [0.4, 0.5) is 0 Å². The Balaban J connectivity index is 1.80. The van der Waals surface area contributed by atoms with Crippen molar-refractivity contribution >= 4 is 20.9 Å². The van der Waals surface area contributed by atoms with Gasteiger partial charge in [0.2, 0.25) is 10.0 Å². The third kappa shape index (κ3) is 3.78. The molecular formula is C22H24N6O5S. The van der Waals surface area contributed by atoms with Gasteiger partial charge < -0.3 is 4.52 Å². The van der Waals surface area contributed by atoms with Gasteiger partial charge in [0.1, 0.15) is 0 Å². The Kier molecular flexibility index (Phi) is 4.92. The normalized spacial score (nSPS) is 15.2. The van der Waals surface area contributed by atoms with E-state index >= 15 is 0 Å². The summed E-state index contributed by atoms with van der Waals surface area (Å²) in [7, 11) is -0.645. The van der Waals surface area contributed by atoms with Gasteiger partial charge in [0.05, 0.1) is 34.2 Å². The summed E-state index contributed by atoms with van der Waals surface area (Å²) >= 11 is 0. The number of benzene rings is 1. The molecule has 1 N–H and O–H groups in total. The summed E-state index contributed by atoms with van der Waals surface area (Å²) in [5.74, 6) is 0.343. The van der Waals surface area contributed by atoms with E-state index in [4.69, 9.17) is 4.52 Å². The fraction of sp³-hybridized carbons (Fsp3) is 0.364. The van der Waals surface area contributed by atoms with Crippen LogP contribution in [0.15, 0.2) is 49.6 Å². The van der Waals surface area contributed by atoms with Crippen LogP contribution < -0.4 is 16.0 Å². The van der Waals surface area contributed by atoms with Gasteiger partial charge in [-0.1, -0.05) is 5.16 Å². The van der Waals surface area contributed by atoms with E-state index < -0.39 is 26.8 Å². The van der Waals surface area contributed by atoms with E-state index in [1.807, 2.05) is 6.92 Å². The lowest BCUT2D eigenvalue weighted by Crippen LogP contribution is -2.40. The SMILES string of the molecule is Cc1cc(Cn2c(=O)c3cc(S(=O)(=O)NC4(C)CC4)cc(-c4cnn(C)c4)c3n(C)c2=O)on1. The molecule has 0 amide bonds. The molecule has 5 rings (SSSR count). The average molecular weight is 485 g/mol. The highest BCUT2D eigenvalue weighted by atomic mass is 32.2. The monoisotopic (exact) mass is 484 g/mol. The summed E-state index contributed by atoms with van der Waals surface area (Å²) in [4.78, 5) is 26.7. The molecule has 0 saturated heterocycles. The van der Waals surface area contributed by atoms with E-state index in [9.17, 15) is 18.0 Å². The average Bonchev–Trinajstić information content (AvgIpc) is 3.13. The highest BCUT2D eigenvalue weighted by molar-refractivity contribution is 7.89. The van der Waals surface area contributed by atoms with Crippen LogP contribution in [0.25, 0.3) is 22.0 Å². The molecule has 3 aromatic heterocycles. The molecule has 11 nitrogen and oxygen atoms in total. The van der Waals surface area contributed by atoms with Crippen LogP contribution in [-0.4, -0.2) is 38.0 Å². The zero-order valence-corrected chi connectivity index (χ0v) is 20.0. The minimum Gasteiger partial charge on any atom is -0.359 e. The first-order valence-electron chi connectivity index (χ1n) is 10.7. The van der Waals surface area contributed by atoms with Gasteiger partial charge in [-0.05, 0) is 38.8 Å². The van der Waals surface area contributed by atoms with Crippen LogP contribution in [0, 0.1) is 6.92 Å². The smallest absolute Gasteiger partial charge is 0.331 e. The Morgan fingerprint density at radius 2 is 1.91 bits per heavy atom. The summed E-state index contributed by atoms with van der Waals surface area (Å²) in [5, 5.41) is 8.07. The van der Waals surface area contributed by atoms with Crippen LogP contribution in [0.5, 0.6) is 0 Å². The van der Waals surface area contributed by atoms with Crippen molar-refractivity contribution < 1.29 is 12.9 Å². The quantitative estimate of drug-likeness (QED) is 0.436. The maximum Gasteiger partial charge on any atom is 0.331 e. The lowest BCUT2D eigenvalue weighted by molar-refractivity contribution is 0.369. The number of fused-ring (bicyclic) bond motifs is 1. The molecule has 0 radical (unpaired) electrons. The second kappa shape index (κ2) is 7.50. The van der Waals surface area contributed by atoms with Crippen molar-refractivity contribution in [1.82, 2.24) is 28.8 Å². The van der Waals surface area contributed by atoms with Crippen LogP contribution in [0.2, 0.25) is 0 Å². The molecule has 1 fully saturated rings. The van der Waals surface area contributed by atoms with Gasteiger partial charge in [-0.15, -0.1) is 0 Å². The van der Waals surface area contributed by atoms with Gasteiger partial charge in [-0.2, -0.15) is 5.10 Å². The number of hydrogen-bond donors (Lipinski definition) is 1. The van der Waals surface area contributed by atoms with Crippen molar-refractivity contribution in [3.63, 3.8) is 0 Å². The standard InChI is InChI=1S/C22H24N6O5S/c1-13-7-15(33-24-13)12-28-20(29)18-9-16(34(31,32)25-22(2)5-6-22)8-17(14-10-23-26(3)11-14)19(18)27(4)21(28)30/h7-11,25H,5-6,12H2,1-4H3. The summed E-state index contributed by atoms with van der Waals surface area (Å²) in [6.07, 6.45) is 4.75. The van der Waals surface area contributed by atoms with Crippen molar-refractivity contribution in [2.75, 3.05) is 0 Å². The fourth-order valence-electron chi connectivity index (χ4n) is 4.04. The predicted molar refractivity (Wildman–Crippen MR) is 124 cm³/mol. The fourth-order valence-corrected chi connectivity index (χ4v) is 5.55. The molecule has 4 aromatic rings. The Morgan fingerprint density at radius 3 is 2.50 bits per heavy atom. The zero-order valence-electron chi connectivity index (χ0n) is 19.2. The van der Waals surface area contributed by atoms with E-state index in [2.05, 4.69) is 15.0 Å². The third-order valence-electron chi connectivity index (χ3n) is 6.11. The molecule has 178 valence electrons. The molecule has 1 saturated carbocycles. The maximum absolute atomic E-state index is 13.5. The molecule has 0 unspecified atom stereocenters. The van der Waals surface area contributed by atoms with Gasteiger partial charge in [0.25, 0.3) is 5.56 Å². The Bertz CT molecular complexity index is 1670. The summed E-state index contributed by atoms with van der Waals surface area (Å²) in [6.45, 7) is 3.44. The van der Waals surface area contributed by atoms with Crippen LogP contribution in [0.3, 0.4) is 0 Å². The van der Waals surface area contributed by atoms with E-state index in [1.54, 1.807) is 44.2 Å². The first kappa shape index (κ1) is 22.3. The first-order chi connectivity index (χ1) is 16.0. The number of aryl methyl sites for hydroxylation is 3. The van der Waals surface area contributed by atoms with Crippen LogP contribution >= 0.6 is 0 Å². The predicted octanol–water partition coefficient (Wildman–Crippen LogP) is 1.28. The first-order valence-corrected chi connectivity index (χ1v) is 12.2. The zero-order chi connectivity index (χ0) is 24.4. The second-order valence-electron chi connectivity index (χ2n) is 9.10. The highest BCUT2D eigenvalue weighted by Crippen LogP contribution is 2.37. The highest BCUT2D eigenvalue weighted by Gasteiger charge is 2.41. The largest absolute Gasteiger partial charge is 0.359 e. The number of hydrogen-bond acceptors (Lipinski definition) is 7. The van der Waals surface area contributed by atoms with Gasteiger partial charge in [0.15, 0.2) is 5.76 Å². The Labute approximate surface area is 194 Å². The lowest BCUT2D eigenvalue weighted by atomic mass is 10.1. The van der Waals surface area contributed by atoms with Crippen molar-refractivity contribution in [3.05, 3.63) is 62.9 Å². The van der Waals surface area contributed by atoms with E-state index in [0.717, 1.165) is 17.4 Å². The Hall–Kier alpha value is -3.51. The topological polar surface area (TPSA) is 134 Å². The van der Waals surface area contributed by atoms with Crippen LogP contribution in [0.1, 0.15) is 31.2 Å². The molecular weight excluding hydrogens is 460 g/mol.